The van der Waals surface area contributed by atoms with Crippen LogP contribution in [0.1, 0.15) is 27.2 Å². The highest BCUT2D eigenvalue weighted by Gasteiger charge is 2.26. The number of sulfonamides is 1. The SMILES string of the molecule is CCOc1ccc(N)cc1S(=O)(=O)N(C)CC(C)CC. The average molecular weight is 300 g/mol. The van der Waals surface area contributed by atoms with E-state index in [0.717, 1.165) is 6.42 Å². The highest BCUT2D eigenvalue weighted by Crippen LogP contribution is 2.29. The molecular formula is C14H24N2O3S. The van der Waals surface area contributed by atoms with E-state index < -0.39 is 10.0 Å². The van der Waals surface area contributed by atoms with Gasteiger partial charge in [0.2, 0.25) is 10.0 Å². The minimum atomic E-state index is -3.59. The van der Waals surface area contributed by atoms with E-state index in [1.54, 1.807) is 19.2 Å². The molecule has 1 aromatic rings. The standard InChI is InChI=1S/C14H24N2O3S/c1-5-11(3)10-16(4)20(17,18)14-9-12(15)7-8-13(14)19-6-2/h7-9,11H,5-6,10,15H2,1-4H3. The second-order valence-corrected chi connectivity index (χ2v) is 6.95. The molecule has 6 heteroatoms. The van der Waals surface area contributed by atoms with Gasteiger partial charge in [0.1, 0.15) is 10.6 Å². The van der Waals surface area contributed by atoms with Gasteiger partial charge in [-0.05, 0) is 31.0 Å². The maximum atomic E-state index is 12.6. The van der Waals surface area contributed by atoms with Crippen LogP contribution < -0.4 is 10.5 Å². The second-order valence-electron chi connectivity index (χ2n) is 4.94. The van der Waals surface area contributed by atoms with Gasteiger partial charge in [0.15, 0.2) is 0 Å². The van der Waals surface area contributed by atoms with Gasteiger partial charge in [-0.3, -0.25) is 0 Å². The maximum Gasteiger partial charge on any atom is 0.246 e. The van der Waals surface area contributed by atoms with Crippen molar-refractivity contribution in [1.29, 1.82) is 0 Å². The lowest BCUT2D eigenvalue weighted by Gasteiger charge is -2.22. The van der Waals surface area contributed by atoms with E-state index in [1.807, 2.05) is 20.8 Å². The van der Waals surface area contributed by atoms with Gasteiger partial charge in [-0.2, -0.15) is 0 Å². The Morgan fingerprint density at radius 2 is 2.00 bits per heavy atom. The molecule has 114 valence electrons. The third kappa shape index (κ3) is 3.86. The number of nitrogens with two attached hydrogens (primary N) is 1. The van der Waals surface area contributed by atoms with Crippen LogP contribution in [0.2, 0.25) is 0 Å². The third-order valence-electron chi connectivity index (χ3n) is 3.22. The second kappa shape index (κ2) is 6.95. The zero-order chi connectivity index (χ0) is 15.3. The summed E-state index contributed by atoms with van der Waals surface area (Å²) < 4.78 is 32.0. The Balaban J connectivity index is 3.16. The molecule has 0 aliphatic heterocycles. The molecule has 0 aromatic heterocycles. The first kappa shape index (κ1) is 16.8. The van der Waals surface area contributed by atoms with Crippen molar-refractivity contribution in [3.8, 4) is 5.75 Å². The molecule has 0 fully saturated rings. The smallest absolute Gasteiger partial charge is 0.246 e. The van der Waals surface area contributed by atoms with Crippen LogP contribution in [-0.4, -0.2) is 32.9 Å². The van der Waals surface area contributed by atoms with Crippen molar-refractivity contribution in [2.45, 2.75) is 32.1 Å². The number of anilines is 1. The van der Waals surface area contributed by atoms with Crippen LogP contribution >= 0.6 is 0 Å². The number of ether oxygens (including phenoxy) is 1. The first-order valence-corrected chi connectivity index (χ1v) is 8.25. The van der Waals surface area contributed by atoms with Crippen molar-refractivity contribution in [3.63, 3.8) is 0 Å². The van der Waals surface area contributed by atoms with Crippen LogP contribution in [0.25, 0.3) is 0 Å². The molecule has 1 aromatic carbocycles. The van der Waals surface area contributed by atoms with Crippen LogP contribution in [-0.2, 0) is 10.0 Å². The Kier molecular flexibility index (Phi) is 5.83. The molecule has 0 amide bonds. The van der Waals surface area contributed by atoms with Crippen molar-refractivity contribution in [3.05, 3.63) is 18.2 Å². The van der Waals surface area contributed by atoms with Crippen molar-refractivity contribution < 1.29 is 13.2 Å². The normalized spacial score (nSPS) is 13.4. The summed E-state index contributed by atoms with van der Waals surface area (Å²) in [6, 6.07) is 4.69. The van der Waals surface area contributed by atoms with Crippen LogP contribution in [0.15, 0.2) is 23.1 Å². The first-order chi connectivity index (χ1) is 9.32. The van der Waals surface area contributed by atoms with E-state index in [1.165, 1.54) is 10.4 Å². The molecule has 0 heterocycles. The minimum Gasteiger partial charge on any atom is -0.492 e. The van der Waals surface area contributed by atoms with Crippen LogP contribution in [0.4, 0.5) is 5.69 Å². The molecule has 0 saturated carbocycles. The fourth-order valence-electron chi connectivity index (χ4n) is 1.84. The summed E-state index contributed by atoms with van der Waals surface area (Å²) in [5.41, 5.74) is 6.12. The molecular weight excluding hydrogens is 276 g/mol. The molecule has 1 rings (SSSR count). The van der Waals surface area contributed by atoms with E-state index >= 15 is 0 Å². The van der Waals surface area contributed by atoms with E-state index in [4.69, 9.17) is 10.5 Å². The molecule has 2 N–H and O–H groups in total. The summed E-state index contributed by atoms with van der Waals surface area (Å²) in [7, 11) is -2.01. The van der Waals surface area contributed by atoms with Crippen LogP contribution in [0.3, 0.4) is 0 Å². The van der Waals surface area contributed by atoms with Crippen molar-refractivity contribution in [2.24, 2.45) is 5.92 Å². The van der Waals surface area contributed by atoms with Gasteiger partial charge in [0.05, 0.1) is 6.61 Å². The molecule has 0 bridgehead atoms. The summed E-state index contributed by atoms with van der Waals surface area (Å²) in [5.74, 6) is 0.643. The monoisotopic (exact) mass is 300 g/mol. The molecule has 0 saturated heterocycles. The lowest BCUT2D eigenvalue weighted by molar-refractivity contribution is 0.328. The Morgan fingerprint density at radius 3 is 2.55 bits per heavy atom. The maximum absolute atomic E-state index is 12.6. The van der Waals surface area contributed by atoms with Gasteiger partial charge >= 0.3 is 0 Å². The predicted molar refractivity (Wildman–Crippen MR) is 81.3 cm³/mol. The highest BCUT2D eigenvalue weighted by molar-refractivity contribution is 7.89. The van der Waals surface area contributed by atoms with Gasteiger partial charge in [0, 0.05) is 19.3 Å². The quantitative estimate of drug-likeness (QED) is 0.784. The van der Waals surface area contributed by atoms with E-state index in [-0.39, 0.29) is 4.90 Å². The number of hydrogen-bond donors (Lipinski definition) is 1. The molecule has 5 nitrogen and oxygen atoms in total. The molecule has 1 atom stereocenters. The Labute approximate surface area is 121 Å². The molecule has 0 radical (unpaired) electrons. The van der Waals surface area contributed by atoms with Crippen LogP contribution in [0.5, 0.6) is 5.75 Å². The van der Waals surface area contributed by atoms with E-state index in [9.17, 15) is 8.42 Å². The van der Waals surface area contributed by atoms with Gasteiger partial charge in [-0.25, -0.2) is 12.7 Å². The Bertz CT molecular complexity index is 543. The van der Waals surface area contributed by atoms with Gasteiger partial charge in [-0.1, -0.05) is 20.3 Å². The van der Waals surface area contributed by atoms with Gasteiger partial charge in [0.25, 0.3) is 0 Å². The lowest BCUT2D eigenvalue weighted by atomic mass is 10.1. The molecule has 20 heavy (non-hydrogen) atoms. The van der Waals surface area contributed by atoms with E-state index in [2.05, 4.69) is 0 Å². The Hall–Kier alpha value is -1.27. The molecule has 1 unspecified atom stereocenters. The van der Waals surface area contributed by atoms with Gasteiger partial charge in [-0.15, -0.1) is 0 Å². The fourth-order valence-corrected chi connectivity index (χ4v) is 3.29. The molecule has 0 aliphatic rings. The summed E-state index contributed by atoms with van der Waals surface area (Å²) in [5, 5.41) is 0. The number of nitrogens with zero attached hydrogens (tertiary/aromatic N) is 1. The zero-order valence-electron chi connectivity index (χ0n) is 12.6. The summed E-state index contributed by atoms with van der Waals surface area (Å²) in [4.78, 5) is 0.130. The molecule has 0 aliphatic carbocycles. The van der Waals surface area contributed by atoms with Crippen molar-refractivity contribution >= 4 is 15.7 Å². The predicted octanol–water partition coefficient (Wildman–Crippen LogP) is 2.33. The number of benzene rings is 1. The Morgan fingerprint density at radius 1 is 1.35 bits per heavy atom. The number of hydrogen-bond acceptors (Lipinski definition) is 4. The number of nitrogen functional groups attached to an aromatic ring is 1. The summed E-state index contributed by atoms with van der Waals surface area (Å²) in [6.07, 6.45) is 0.926. The largest absolute Gasteiger partial charge is 0.492 e. The molecule has 0 spiro atoms. The first-order valence-electron chi connectivity index (χ1n) is 6.81. The van der Waals surface area contributed by atoms with E-state index in [0.29, 0.717) is 30.5 Å². The lowest BCUT2D eigenvalue weighted by Crippen LogP contribution is -2.31. The number of rotatable bonds is 7. The van der Waals surface area contributed by atoms with Crippen molar-refractivity contribution in [1.82, 2.24) is 4.31 Å². The topological polar surface area (TPSA) is 72.6 Å². The van der Waals surface area contributed by atoms with Gasteiger partial charge < -0.3 is 10.5 Å². The zero-order valence-corrected chi connectivity index (χ0v) is 13.4. The summed E-state index contributed by atoms with van der Waals surface area (Å²) in [6.45, 7) is 6.75. The minimum absolute atomic E-state index is 0.130. The highest BCUT2D eigenvalue weighted by atomic mass is 32.2. The van der Waals surface area contributed by atoms with Crippen LogP contribution in [0, 0.1) is 5.92 Å². The summed E-state index contributed by atoms with van der Waals surface area (Å²) >= 11 is 0. The third-order valence-corrected chi connectivity index (χ3v) is 5.07. The fraction of sp³-hybridized carbons (Fsp3) is 0.571. The average Bonchev–Trinajstić information content (AvgIpc) is 2.40. The van der Waals surface area contributed by atoms with Crippen molar-refractivity contribution in [2.75, 3.05) is 25.9 Å².